The Morgan fingerprint density at radius 1 is 1.50 bits per heavy atom. The summed E-state index contributed by atoms with van der Waals surface area (Å²) in [5, 5.41) is 5.08. The monoisotopic (exact) mass is 229 g/mol. The van der Waals surface area contributed by atoms with E-state index in [-0.39, 0.29) is 6.04 Å². The lowest BCUT2D eigenvalue weighted by molar-refractivity contribution is -0.139. The Kier molecular flexibility index (Phi) is 5.21. The first-order valence-electron chi connectivity index (χ1n) is 5.51. The summed E-state index contributed by atoms with van der Waals surface area (Å²) in [7, 11) is 0. The summed E-state index contributed by atoms with van der Waals surface area (Å²) < 4.78 is 5.22. The van der Waals surface area contributed by atoms with Gasteiger partial charge in [-0.15, -0.1) is 0 Å². The fourth-order valence-corrected chi connectivity index (χ4v) is 1.60. The van der Waals surface area contributed by atoms with Gasteiger partial charge < -0.3 is 21.1 Å². The van der Waals surface area contributed by atoms with Crippen molar-refractivity contribution in [3.8, 4) is 0 Å². The van der Waals surface area contributed by atoms with Gasteiger partial charge >= 0.3 is 11.8 Å². The Morgan fingerprint density at radius 3 is 2.81 bits per heavy atom. The Labute approximate surface area is 94.9 Å². The fraction of sp³-hybridized carbons (Fsp3) is 0.800. The molecule has 1 aliphatic heterocycles. The van der Waals surface area contributed by atoms with Gasteiger partial charge in [0.25, 0.3) is 0 Å². The number of hydrogen-bond donors (Lipinski definition) is 3. The second-order valence-electron chi connectivity index (χ2n) is 3.93. The molecule has 16 heavy (non-hydrogen) atoms. The SMILES string of the molecule is CC(NC(=O)C(=O)NCCN)C1CCOC1. The number of nitrogens with one attached hydrogen (secondary N) is 2. The van der Waals surface area contributed by atoms with Gasteiger partial charge in [0.2, 0.25) is 0 Å². The summed E-state index contributed by atoms with van der Waals surface area (Å²) in [6.07, 6.45) is 0.922. The molecular weight excluding hydrogens is 210 g/mol. The van der Waals surface area contributed by atoms with Crippen molar-refractivity contribution in [3.63, 3.8) is 0 Å². The van der Waals surface area contributed by atoms with E-state index in [0.717, 1.165) is 13.0 Å². The molecule has 6 nitrogen and oxygen atoms in total. The summed E-state index contributed by atoms with van der Waals surface area (Å²) in [4.78, 5) is 22.7. The maximum absolute atomic E-state index is 11.4. The lowest BCUT2D eigenvalue weighted by Crippen LogP contribution is -2.47. The predicted octanol–water partition coefficient (Wildman–Crippen LogP) is -1.40. The minimum absolute atomic E-state index is 0.0429. The van der Waals surface area contributed by atoms with Crippen LogP contribution in [0.3, 0.4) is 0 Å². The normalized spacial score (nSPS) is 21.5. The molecule has 0 aliphatic carbocycles. The van der Waals surface area contributed by atoms with Gasteiger partial charge in [-0.05, 0) is 13.3 Å². The number of ether oxygens (including phenoxy) is 1. The number of rotatable bonds is 4. The van der Waals surface area contributed by atoms with Gasteiger partial charge in [-0.25, -0.2) is 0 Å². The van der Waals surface area contributed by atoms with Gasteiger partial charge in [0, 0.05) is 31.7 Å². The summed E-state index contributed by atoms with van der Waals surface area (Å²) in [5.74, 6) is -0.935. The van der Waals surface area contributed by atoms with Gasteiger partial charge in [0.15, 0.2) is 0 Å². The third-order valence-electron chi connectivity index (χ3n) is 2.67. The zero-order valence-electron chi connectivity index (χ0n) is 9.49. The van der Waals surface area contributed by atoms with Crippen LogP contribution in [0.15, 0.2) is 0 Å². The molecule has 0 aromatic heterocycles. The van der Waals surface area contributed by atoms with Crippen LogP contribution in [0.5, 0.6) is 0 Å². The summed E-state index contributed by atoms with van der Waals surface area (Å²) >= 11 is 0. The largest absolute Gasteiger partial charge is 0.381 e. The summed E-state index contributed by atoms with van der Waals surface area (Å²) in [6, 6.07) is -0.0429. The van der Waals surface area contributed by atoms with E-state index in [1.165, 1.54) is 0 Å². The van der Waals surface area contributed by atoms with Crippen LogP contribution < -0.4 is 16.4 Å². The molecule has 0 aromatic rings. The van der Waals surface area contributed by atoms with E-state index in [4.69, 9.17) is 10.5 Å². The van der Waals surface area contributed by atoms with E-state index in [2.05, 4.69) is 10.6 Å². The van der Waals surface area contributed by atoms with Crippen molar-refractivity contribution in [2.75, 3.05) is 26.3 Å². The molecule has 1 saturated heterocycles. The molecule has 1 fully saturated rings. The average molecular weight is 229 g/mol. The Hall–Kier alpha value is -1.14. The van der Waals surface area contributed by atoms with Crippen LogP contribution in [0.25, 0.3) is 0 Å². The molecule has 2 unspecified atom stereocenters. The average Bonchev–Trinajstić information content (AvgIpc) is 2.79. The van der Waals surface area contributed by atoms with E-state index >= 15 is 0 Å². The first-order chi connectivity index (χ1) is 7.65. The van der Waals surface area contributed by atoms with E-state index in [1.807, 2.05) is 6.92 Å². The Bertz CT molecular complexity index is 252. The van der Waals surface area contributed by atoms with Crippen molar-refractivity contribution in [2.24, 2.45) is 11.7 Å². The standard InChI is InChI=1S/C10H19N3O3/c1-7(8-2-5-16-6-8)13-10(15)9(14)12-4-3-11/h7-8H,2-6,11H2,1H3,(H,12,14)(H,13,15). The minimum Gasteiger partial charge on any atom is -0.381 e. The van der Waals surface area contributed by atoms with Crippen molar-refractivity contribution in [2.45, 2.75) is 19.4 Å². The third-order valence-corrected chi connectivity index (χ3v) is 2.67. The fourth-order valence-electron chi connectivity index (χ4n) is 1.60. The van der Waals surface area contributed by atoms with Crippen molar-refractivity contribution in [1.29, 1.82) is 0 Å². The molecule has 1 heterocycles. The van der Waals surface area contributed by atoms with Gasteiger partial charge in [0.05, 0.1) is 6.61 Å². The zero-order chi connectivity index (χ0) is 12.0. The van der Waals surface area contributed by atoms with Crippen molar-refractivity contribution < 1.29 is 14.3 Å². The van der Waals surface area contributed by atoms with Crippen LogP contribution in [0.2, 0.25) is 0 Å². The number of amides is 2. The molecule has 0 radical (unpaired) electrons. The molecule has 0 bridgehead atoms. The molecule has 6 heteroatoms. The second kappa shape index (κ2) is 6.44. The molecule has 2 atom stereocenters. The zero-order valence-corrected chi connectivity index (χ0v) is 9.49. The van der Waals surface area contributed by atoms with E-state index in [9.17, 15) is 9.59 Å². The number of carbonyl (C=O) groups excluding carboxylic acids is 2. The number of nitrogens with two attached hydrogens (primary N) is 1. The van der Waals surface area contributed by atoms with Crippen LogP contribution in [-0.4, -0.2) is 44.2 Å². The third kappa shape index (κ3) is 3.79. The topological polar surface area (TPSA) is 93.5 Å². The molecule has 2 amide bonds. The van der Waals surface area contributed by atoms with Gasteiger partial charge in [-0.2, -0.15) is 0 Å². The highest BCUT2D eigenvalue weighted by Crippen LogP contribution is 2.16. The van der Waals surface area contributed by atoms with Crippen molar-refractivity contribution in [3.05, 3.63) is 0 Å². The van der Waals surface area contributed by atoms with E-state index in [0.29, 0.717) is 25.6 Å². The van der Waals surface area contributed by atoms with E-state index < -0.39 is 11.8 Å². The molecule has 4 N–H and O–H groups in total. The van der Waals surface area contributed by atoms with Crippen LogP contribution in [0.1, 0.15) is 13.3 Å². The maximum Gasteiger partial charge on any atom is 0.309 e. The molecular formula is C10H19N3O3. The lowest BCUT2D eigenvalue weighted by atomic mass is 10.0. The van der Waals surface area contributed by atoms with E-state index in [1.54, 1.807) is 0 Å². The molecule has 92 valence electrons. The first kappa shape index (κ1) is 12.9. The van der Waals surface area contributed by atoms with Gasteiger partial charge in [-0.3, -0.25) is 9.59 Å². The van der Waals surface area contributed by atoms with Gasteiger partial charge in [-0.1, -0.05) is 0 Å². The lowest BCUT2D eigenvalue weighted by Gasteiger charge is -2.18. The maximum atomic E-state index is 11.4. The second-order valence-corrected chi connectivity index (χ2v) is 3.93. The van der Waals surface area contributed by atoms with Crippen LogP contribution in [-0.2, 0) is 14.3 Å². The molecule has 1 aliphatic rings. The Balaban J connectivity index is 2.29. The first-order valence-corrected chi connectivity index (χ1v) is 5.51. The van der Waals surface area contributed by atoms with Crippen molar-refractivity contribution in [1.82, 2.24) is 10.6 Å². The number of hydrogen-bond acceptors (Lipinski definition) is 4. The molecule has 0 spiro atoms. The van der Waals surface area contributed by atoms with Crippen LogP contribution in [0.4, 0.5) is 0 Å². The predicted molar refractivity (Wildman–Crippen MR) is 58.6 cm³/mol. The highest BCUT2D eigenvalue weighted by atomic mass is 16.5. The quantitative estimate of drug-likeness (QED) is 0.517. The van der Waals surface area contributed by atoms with Gasteiger partial charge in [0.1, 0.15) is 0 Å². The molecule has 1 rings (SSSR count). The number of carbonyl (C=O) groups is 2. The minimum atomic E-state index is -0.629. The smallest absolute Gasteiger partial charge is 0.309 e. The Morgan fingerprint density at radius 2 is 2.25 bits per heavy atom. The summed E-state index contributed by atoms with van der Waals surface area (Å²) in [6.45, 7) is 3.89. The summed E-state index contributed by atoms with van der Waals surface area (Å²) in [5.41, 5.74) is 5.21. The highest BCUT2D eigenvalue weighted by Gasteiger charge is 2.25. The highest BCUT2D eigenvalue weighted by molar-refractivity contribution is 6.35. The van der Waals surface area contributed by atoms with Crippen LogP contribution in [0, 0.1) is 5.92 Å². The van der Waals surface area contributed by atoms with Crippen molar-refractivity contribution >= 4 is 11.8 Å². The van der Waals surface area contributed by atoms with Crippen LogP contribution >= 0.6 is 0 Å². The molecule has 0 saturated carbocycles. The molecule has 0 aromatic carbocycles.